The number of fused-ring (bicyclic) bond motifs is 3. The molecule has 0 aliphatic carbocycles. The lowest BCUT2D eigenvalue weighted by atomic mass is 10.0. The predicted molar refractivity (Wildman–Crippen MR) is 227 cm³/mol. The fraction of sp³-hybridized carbons (Fsp3) is 0. The maximum absolute atomic E-state index is 9.29. The van der Waals surface area contributed by atoms with Crippen molar-refractivity contribution in [2.24, 2.45) is 0 Å². The van der Waals surface area contributed by atoms with Crippen LogP contribution in [0, 0.1) is 0 Å². The average Bonchev–Trinajstić information content (AvgIpc) is 3.71. The minimum absolute atomic E-state index is 0.00328. The van der Waals surface area contributed by atoms with E-state index in [1.807, 2.05) is 109 Å². The molecule has 0 aliphatic heterocycles. The van der Waals surface area contributed by atoms with Crippen LogP contribution in [-0.2, 0) is 0 Å². The first kappa shape index (κ1) is 21.9. The Morgan fingerprint density at radius 1 is 0.345 bits per heavy atom. The van der Waals surface area contributed by atoms with Gasteiger partial charge in [-0.3, -0.25) is 0 Å². The highest BCUT2D eigenvalue weighted by Gasteiger charge is 2.17. The molecule has 0 radical (unpaired) electrons. The van der Waals surface area contributed by atoms with Crippen molar-refractivity contribution >= 4 is 21.8 Å². The molecule has 0 atom stereocenters. The topological polar surface area (TPSA) is 43.6 Å². The summed E-state index contributed by atoms with van der Waals surface area (Å²) in [6.07, 6.45) is 0. The maximum Gasteiger partial charge on any atom is 0.164 e. The zero-order chi connectivity index (χ0) is 47.0. The van der Waals surface area contributed by atoms with Crippen molar-refractivity contribution in [1.29, 1.82) is 0 Å². The Morgan fingerprint density at radius 3 is 1.29 bits per heavy atom. The van der Waals surface area contributed by atoms with Gasteiger partial charge in [0.1, 0.15) is 0 Å². The molecule has 2 aromatic heterocycles. The Balaban J connectivity index is 1.18. The Labute approximate surface area is 336 Å². The number of hydrogen-bond donors (Lipinski definition) is 0. The van der Waals surface area contributed by atoms with Crippen molar-refractivity contribution in [3.05, 3.63) is 206 Å². The highest BCUT2D eigenvalue weighted by molar-refractivity contribution is 6.13. The number of aromatic nitrogens is 4. The van der Waals surface area contributed by atoms with Gasteiger partial charge in [-0.2, -0.15) is 0 Å². The highest BCUT2D eigenvalue weighted by atomic mass is 15.0. The molecule has 0 N–H and O–H groups in total. The van der Waals surface area contributed by atoms with Crippen LogP contribution in [0.2, 0.25) is 0 Å². The number of hydrogen-bond acceptors (Lipinski definition) is 3. The normalized spacial score (nSPS) is 14.3. The van der Waals surface area contributed by atoms with E-state index in [0.717, 1.165) is 37.9 Å². The van der Waals surface area contributed by atoms with Gasteiger partial charge in [0.05, 0.1) is 27.5 Å². The third kappa shape index (κ3) is 6.06. The van der Waals surface area contributed by atoms with Crippen LogP contribution in [0.3, 0.4) is 0 Å². The van der Waals surface area contributed by atoms with Gasteiger partial charge in [0.25, 0.3) is 0 Å². The standard InChI is InChI=1S/C51H34N4/c1-4-13-35(14-5-1)37-23-29-40(30-24-37)49-52-50(41-31-25-38(26-32-41)36-15-6-2-7-16-36)54-51(53-49)42-33-27-39(28-34-42)44-20-12-21-46-45-19-10-11-22-47(45)55(48(44)46)43-17-8-3-9-18-43/h1-34H/i3D,8D,9D,10D,11D,12D,17D,18D,19D,20D,21D,22D. The Bertz CT molecular complexity index is 3490. The van der Waals surface area contributed by atoms with E-state index in [4.69, 9.17) is 30.0 Å². The second-order valence-corrected chi connectivity index (χ2v) is 12.8. The molecule has 55 heavy (non-hydrogen) atoms. The summed E-state index contributed by atoms with van der Waals surface area (Å²) in [5.74, 6) is 1.15. The fourth-order valence-corrected chi connectivity index (χ4v) is 6.79. The molecule has 0 fully saturated rings. The molecule has 4 nitrogen and oxygen atoms in total. The molecule has 2 heterocycles. The Hall–Kier alpha value is -7.43. The van der Waals surface area contributed by atoms with Crippen molar-refractivity contribution in [1.82, 2.24) is 19.5 Å². The molecule has 0 unspecified atom stereocenters. The monoisotopic (exact) mass is 714 g/mol. The molecule has 0 spiro atoms. The first-order valence-corrected chi connectivity index (χ1v) is 17.5. The first-order chi connectivity index (χ1) is 32.2. The molecule has 10 rings (SSSR count). The summed E-state index contributed by atoms with van der Waals surface area (Å²) in [4.78, 5) is 14.8. The van der Waals surface area contributed by atoms with E-state index < -0.39 is 78.2 Å². The van der Waals surface area contributed by atoms with Gasteiger partial charge in [-0.25, -0.2) is 15.0 Å². The van der Waals surface area contributed by atoms with Gasteiger partial charge in [-0.15, -0.1) is 0 Å². The molecule has 0 amide bonds. The van der Waals surface area contributed by atoms with Crippen LogP contribution in [0.15, 0.2) is 206 Å². The summed E-state index contributed by atoms with van der Waals surface area (Å²) in [6.45, 7) is 0. The largest absolute Gasteiger partial charge is 0.309 e. The number of benzene rings is 8. The smallest absolute Gasteiger partial charge is 0.164 e. The summed E-state index contributed by atoms with van der Waals surface area (Å²) in [6, 6.07) is 35.2. The van der Waals surface area contributed by atoms with Crippen LogP contribution in [0.4, 0.5) is 0 Å². The number of rotatable bonds is 7. The third-order valence-electron chi connectivity index (χ3n) is 9.49. The lowest BCUT2D eigenvalue weighted by molar-refractivity contribution is 1.07. The molecule has 0 bridgehead atoms. The van der Waals surface area contributed by atoms with E-state index in [0.29, 0.717) is 28.6 Å². The second-order valence-electron chi connectivity index (χ2n) is 12.8. The zero-order valence-corrected chi connectivity index (χ0v) is 29.0. The summed E-state index contributed by atoms with van der Waals surface area (Å²) < 4.78 is 107. The van der Waals surface area contributed by atoms with Crippen molar-refractivity contribution in [3.63, 3.8) is 0 Å². The lowest BCUT2D eigenvalue weighted by Crippen LogP contribution is -2.00. The van der Waals surface area contributed by atoms with Crippen molar-refractivity contribution in [2.75, 3.05) is 0 Å². The number of para-hydroxylation sites is 3. The Kier molecular flexibility index (Phi) is 5.52. The lowest BCUT2D eigenvalue weighted by Gasteiger charge is -2.12. The predicted octanol–water partition coefficient (Wildman–Crippen LogP) is 13.0. The summed E-state index contributed by atoms with van der Waals surface area (Å²) in [7, 11) is 0. The molecule has 10 aromatic rings. The highest BCUT2D eigenvalue weighted by Crippen LogP contribution is 2.38. The second kappa shape index (κ2) is 13.8. The molecule has 0 aliphatic rings. The maximum atomic E-state index is 9.29. The minimum atomic E-state index is -0.692. The van der Waals surface area contributed by atoms with Gasteiger partial charge in [0.15, 0.2) is 17.5 Å². The molecule has 0 saturated heterocycles. The zero-order valence-electron chi connectivity index (χ0n) is 41.0. The van der Waals surface area contributed by atoms with Gasteiger partial charge in [0.2, 0.25) is 0 Å². The van der Waals surface area contributed by atoms with Gasteiger partial charge in [0, 0.05) is 38.7 Å². The van der Waals surface area contributed by atoms with E-state index in [-0.39, 0.29) is 27.4 Å². The quantitative estimate of drug-likeness (QED) is 0.165. The van der Waals surface area contributed by atoms with Crippen molar-refractivity contribution in [3.8, 4) is 73.2 Å². The van der Waals surface area contributed by atoms with E-state index in [9.17, 15) is 1.37 Å². The van der Waals surface area contributed by atoms with Crippen LogP contribution < -0.4 is 0 Å². The van der Waals surface area contributed by atoms with Gasteiger partial charge >= 0.3 is 0 Å². The third-order valence-corrected chi connectivity index (χ3v) is 9.49. The van der Waals surface area contributed by atoms with Gasteiger partial charge in [-0.05, 0) is 45.9 Å². The molecular formula is C51H34N4. The van der Waals surface area contributed by atoms with E-state index in [1.54, 1.807) is 24.3 Å². The fourth-order valence-electron chi connectivity index (χ4n) is 6.79. The SMILES string of the molecule is [2H]c1c([2H])c([2H])c(-n2c3c([2H])c([2H])c([2H])c([2H])c3c3c([2H])c([2H])c([2H])c(-c4ccc(-c5nc(-c6ccc(-c7ccccc7)cc6)nc(-c6ccc(-c7ccccc7)cc6)n5)cc4)c32)c([2H])c1[2H]. The van der Waals surface area contributed by atoms with Gasteiger partial charge < -0.3 is 4.57 Å². The minimum Gasteiger partial charge on any atom is -0.309 e. The number of nitrogens with zero attached hydrogens (tertiary/aromatic N) is 4. The summed E-state index contributed by atoms with van der Waals surface area (Å²) >= 11 is 0. The molecular weight excluding hydrogens is 669 g/mol. The van der Waals surface area contributed by atoms with E-state index >= 15 is 0 Å². The van der Waals surface area contributed by atoms with Crippen LogP contribution in [0.25, 0.3) is 95.0 Å². The van der Waals surface area contributed by atoms with Crippen molar-refractivity contribution < 1.29 is 16.4 Å². The first-order valence-electron chi connectivity index (χ1n) is 23.5. The van der Waals surface area contributed by atoms with E-state index in [1.165, 1.54) is 0 Å². The van der Waals surface area contributed by atoms with Gasteiger partial charge in [-0.1, -0.05) is 188 Å². The van der Waals surface area contributed by atoms with Crippen LogP contribution in [0.1, 0.15) is 16.4 Å². The van der Waals surface area contributed by atoms with Crippen LogP contribution in [0.5, 0.6) is 0 Å². The summed E-state index contributed by atoms with van der Waals surface area (Å²) in [5, 5.41) is -0.333. The summed E-state index contributed by atoms with van der Waals surface area (Å²) in [5.41, 5.74) is 5.70. The average molecular weight is 715 g/mol. The molecule has 8 aromatic carbocycles. The molecule has 258 valence electrons. The van der Waals surface area contributed by atoms with Crippen LogP contribution >= 0.6 is 0 Å². The molecule has 4 heteroatoms. The Morgan fingerprint density at radius 2 is 0.764 bits per heavy atom. The van der Waals surface area contributed by atoms with Crippen LogP contribution in [-0.4, -0.2) is 19.5 Å². The van der Waals surface area contributed by atoms with E-state index in [2.05, 4.69) is 0 Å². The molecule has 0 saturated carbocycles. The van der Waals surface area contributed by atoms with Crippen molar-refractivity contribution in [2.45, 2.75) is 0 Å².